The van der Waals surface area contributed by atoms with Gasteiger partial charge in [0.05, 0.1) is 6.33 Å². The van der Waals surface area contributed by atoms with Crippen LogP contribution >= 0.6 is 15.6 Å². The summed E-state index contributed by atoms with van der Waals surface area (Å²) in [4.78, 5) is 46.0. The summed E-state index contributed by atoms with van der Waals surface area (Å²) in [6, 6.07) is 0. The minimum atomic E-state index is -5.05. The number of imidazole rings is 1. The van der Waals surface area contributed by atoms with Crippen LogP contribution in [0.15, 0.2) is 18.7 Å². The average molecular weight is 308 g/mol. The van der Waals surface area contributed by atoms with Crippen LogP contribution in [0.2, 0.25) is 0 Å². The number of carbonyl (C=O) groups is 1. The Bertz CT molecular complexity index is 364. The molecule has 0 saturated heterocycles. The molecule has 0 spiro atoms. The summed E-state index contributed by atoms with van der Waals surface area (Å²) in [5.74, 6) is 0. The van der Waals surface area contributed by atoms with Crippen LogP contribution in [0.5, 0.6) is 0 Å². The zero-order valence-corrected chi connectivity index (χ0v) is 10.2. The second-order valence-corrected chi connectivity index (χ2v) is 4.72. The van der Waals surface area contributed by atoms with Gasteiger partial charge in [-0.3, -0.25) is 0 Å². The molecule has 1 rings (SSSR count). The Morgan fingerprint density at radius 3 is 1.56 bits per heavy atom. The van der Waals surface area contributed by atoms with Gasteiger partial charge in [-0.15, -0.1) is 0 Å². The second kappa shape index (κ2) is 8.78. The van der Waals surface area contributed by atoms with Crippen LogP contribution in [0.4, 0.5) is 4.79 Å². The van der Waals surface area contributed by atoms with E-state index in [2.05, 4.69) is 14.3 Å². The first-order valence-corrected chi connectivity index (χ1v) is 6.67. The molecule has 0 bridgehead atoms. The monoisotopic (exact) mass is 308 g/mol. The Morgan fingerprint density at radius 2 is 1.50 bits per heavy atom. The number of phosphoric acid groups is 2. The topological polar surface area (TPSA) is 210 Å². The molecule has 0 amide bonds. The highest BCUT2D eigenvalue weighted by Crippen LogP contribution is 2.53. The van der Waals surface area contributed by atoms with Crippen LogP contribution in [0, 0.1) is 0 Å². The van der Waals surface area contributed by atoms with E-state index in [1.54, 1.807) is 18.7 Å². The molecule has 0 aliphatic heterocycles. The summed E-state index contributed by atoms with van der Waals surface area (Å²) in [6.45, 7) is 0. The summed E-state index contributed by atoms with van der Waals surface area (Å²) in [5, 5.41) is 13.9. The number of nitrogens with zero attached hydrogens (tertiary/aromatic N) is 1. The van der Waals surface area contributed by atoms with Gasteiger partial charge in [-0.25, -0.2) is 18.9 Å². The predicted molar refractivity (Wildman–Crippen MR) is 54.4 cm³/mol. The maximum absolute atomic E-state index is 9.63. The number of rotatable bonds is 2. The summed E-state index contributed by atoms with van der Waals surface area (Å²) in [5.41, 5.74) is 0. The maximum Gasteiger partial charge on any atom is 0.503 e. The van der Waals surface area contributed by atoms with Crippen molar-refractivity contribution in [2.45, 2.75) is 0 Å². The van der Waals surface area contributed by atoms with Gasteiger partial charge in [0.1, 0.15) is 0 Å². The van der Waals surface area contributed by atoms with Gasteiger partial charge in [0, 0.05) is 12.4 Å². The quantitative estimate of drug-likeness (QED) is 0.356. The van der Waals surface area contributed by atoms with E-state index in [0.29, 0.717) is 0 Å². The third kappa shape index (κ3) is 29.3. The van der Waals surface area contributed by atoms with E-state index < -0.39 is 21.8 Å². The van der Waals surface area contributed by atoms with Crippen molar-refractivity contribution in [3.05, 3.63) is 18.7 Å². The Morgan fingerprint density at radius 1 is 1.11 bits per heavy atom. The largest absolute Gasteiger partial charge is 0.503 e. The van der Waals surface area contributed by atoms with E-state index >= 15 is 0 Å². The molecule has 1 aromatic heterocycles. The summed E-state index contributed by atoms with van der Waals surface area (Å²) in [6.07, 6.45) is 3.25. The molecule has 0 saturated carbocycles. The third-order valence-corrected chi connectivity index (χ3v) is 2.32. The lowest BCUT2D eigenvalue weighted by molar-refractivity contribution is 0.136. The van der Waals surface area contributed by atoms with Gasteiger partial charge in [-0.2, -0.15) is 4.31 Å². The van der Waals surface area contributed by atoms with Crippen molar-refractivity contribution in [1.29, 1.82) is 0 Å². The molecule has 0 fully saturated rings. The Labute approximate surface area is 99.4 Å². The summed E-state index contributed by atoms with van der Waals surface area (Å²) in [7, 11) is -10.1. The van der Waals surface area contributed by atoms with Crippen molar-refractivity contribution in [2.75, 3.05) is 0 Å². The lowest BCUT2D eigenvalue weighted by Gasteiger charge is -2.03. The normalized spacial score (nSPS) is 10.4. The summed E-state index contributed by atoms with van der Waals surface area (Å²) < 4.78 is 22.2. The van der Waals surface area contributed by atoms with Crippen molar-refractivity contribution in [3.63, 3.8) is 0 Å². The van der Waals surface area contributed by atoms with E-state index in [1.807, 2.05) is 0 Å². The molecular formula is C4H10N2O10P2. The number of hydrogen-bond donors (Lipinski definition) is 7. The minimum absolute atomic E-state index is 1.62. The smallest absolute Gasteiger partial charge is 0.450 e. The van der Waals surface area contributed by atoms with Crippen LogP contribution in [-0.4, -0.2) is 45.9 Å². The van der Waals surface area contributed by atoms with E-state index in [1.165, 1.54) is 0 Å². The van der Waals surface area contributed by atoms with E-state index in [9.17, 15) is 9.13 Å². The standard InChI is InChI=1S/C3H4N2.CH2O3.H4O7P2/c1-2-5-3-4-1;2-1(3)4;1-8(2,3)7-9(4,5)6/h1-3H,(H,4,5);(H2,2,3,4);(H2,1,2,3)(H2,4,5,6). The molecule has 0 radical (unpaired) electrons. The molecule has 0 atom stereocenters. The Kier molecular flexibility index (Phi) is 9.31. The van der Waals surface area contributed by atoms with E-state index in [4.69, 9.17) is 34.6 Å². The van der Waals surface area contributed by atoms with Gasteiger partial charge in [-0.1, -0.05) is 0 Å². The number of carboxylic acid groups (broad SMARTS) is 2. The van der Waals surface area contributed by atoms with Gasteiger partial charge >= 0.3 is 21.8 Å². The van der Waals surface area contributed by atoms with Crippen LogP contribution < -0.4 is 0 Å². The molecule has 12 nitrogen and oxygen atoms in total. The predicted octanol–water partition coefficient (Wildman–Crippen LogP) is -0.180. The molecule has 1 aromatic rings. The number of nitrogens with one attached hydrogen (secondary N) is 1. The van der Waals surface area contributed by atoms with E-state index in [0.717, 1.165) is 0 Å². The molecule has 0 aliphatic rings. The van der Waals surface area contributed by atoms with Crippen LogP contribution in [0.3, 0.4) is 0 Å². The molecular weight excluding hydrogens is 298 g/mol. The Hall–Kier alpha value is -1.26. The molecule has 106 valence electrons. The molecule has 14 heteroatoms. The minimum Gasteiger partial charge on any atom is -0.450 e. The molecule has 0 aliphatic carbocycles. The van der Waals surface area contributed by atoms with Crippen molar-refractivity contribution in [2.24, 2.45) is 0 Å². The molecule has 0 aromatic carbocycles. The van der Waals surface area contributed by atoms with Crippen molar-refractivity contribution >= 4 is 21.8 Å². The maximum atomic E-state index is 9.63. The third-order valence-electron chi connectivity index (χ3n) is 0.619. The highest BCUT2D eigenvalue weighted by atomic mass is 31.3. The molecule has 7 N–H and O–H groups in total. The van der Waals surface area contributed by atoms with Crippen molar-refractivity contribution in [1.82, 2.24) is 9.97 Å². The highest BCUT2D eigenvalue weighted by Gasteiger charge is 2.27. The van der Waals surface area contributed by atoms with Gasteiger partial charge in [0.15, 0.2) is 0 Å². The fraction of sp³-hybridized carbons (Fsp3) is 0. The van der Waals surface area contributed by atoms with Gasteiger partial charge in [-0.05, 0) is 0 Å². The Balaban J connectivity index is 0. The van der Waals surface area contributed by atoms with Crippen LogP contribution in [-0.2, 0) is 13.4 Å². The lowest BCUT2D eigenvalue weighted by Crippen LogP contribution is -1.84. The van der Waals surface area contributed by atoms with Gasteiger partial charge in [0.25, 0.3) is 0 Å². The fourth-order valence-electron chi connectivity index (χ4n) is 0.354. The summed E-state index contributed by atoms with van der Waals surface area (Å²) >= 11 is 0. The SMILES string of the molecule is O=C(O)O.O=P(O)(O)OP(=O)(O)O.c1c[nH]cn1. The number of H-pyrrole nitrogens is 1. The number of aromatic amines is 1. The van der Waals surface area contributed by atoms with Crippen molar-refractivity contribution in [3.8, 4) is 0 Å². The second-order valence-electron chi connectivity index (χ2n) is 2.11. The molecule has 18 heavy (non-hydrogen) atoms. The van der Waals surface area contributed by atoms with Gasteiger partial charge in [0.2, 0.25) is 0 Å². The van der Waals surface area contributed by atoms with E-state index in [-0.39, 0.29) is 0 Å². The zero-order valence-electron chi connectivity index (χ0n) is 8.39. The number of hydrogen-bond acceptors (Lipinski definition) is 5. The highest BCUT2D eigenvalue weighted by molar-refractivity contribution is 7.60. The van der Waals surface area contributed by atoms with Crippen LogP contribution in [0.25, 0.3) is 0 Å². The van der Waals surface area contributed by atoms with Crippen molar-refractivity contribution < 1.29 is 48.0 Å². The average Bonchev–Trinajstić information content (AvgIpc) is 2.49. The lowest BCUT2D eigenvalue weighted by atomic mass is 11.0. The first kappa shape index (κ1) is 19.1. The first-order chi connectivity index (χ1) is 7.94. The molecule has 0 unspecified atom stereocenters. The molecule has 1 heterocycles. The van der Waals surface area contributed by atoms with Crippen LogP contribution in [0.1, 0.15) is 0 Å². The first-order valence-electron chi connectivity index (χ1n) is 3.61. The van der Waals surface area contributed by atoms with Gasteiger partial charge < -0.3 is 34.8 Å². The fourth-order valence-corrected chi connectivity index (χ4v) is 1.46. The zero-order chi connectivity index (χ0) is 14.8. The number of aromatic nitrogens is 2.